The third-order valence-corrected chi connectivity index (χ3v) is 6.77. The summed E-state index contributed by atoms with van der Waals surface area (Å²) in [5.41, 5.74) is 1.03. The van der Waals surface area contributed by atoms with Gasteiger partial charge in [0, 0.05) is 11.4 Å². The number of methoxy groups -OCH3 is 1. The molecule has 1 aromatic carbocycles. The van der Waals surface area contributed by atoms with Crippen LogP contribution in [-0.4, -0.2) is 24.4 Å². The molecule has 130 valence electrons. The van der Waals surface area contributed by atoms with E-state index < -0.39 is 0 Å². The molecule has 5 rings (SSSR count). The van der Waals surface area contributed by atoms with Crippen LogP contribution >= 0.6 is 11.6 Å². The van der Waals surface area contributed by atoms with Crippen molar-refractivity contribution in [1.29, 1.82) is 0 Å². The number of hydrogen-bond acceptors (Lipinski definition) is 2. The summed E-state index contributed by atoms with van der Waals surface area (Å²) in [5, 5.41) is 3.21. The minimum Gasteiger partial charge on any atom is -0.497 e. The van der Waals surface area contributed by atoms with Crippen LogP contribution in [0.15, 0.2) is 24.3 Å². The monoisotopic (exact) mass is 347 g/mol. The molecule has 4 saturated carbocycles. The van der Waals surface area contributed by atoms with Gasteiger partial charge in [-0.25, -0.2) is 0 Å². The lowest BCUT2D eigenvalue weighted by atomic mass is 9.49. The van der Waals surface area contributed by atoms with E-state index in [0.717, 1.165) is 44.3 Å². The van der Waals surface area contributed by atoms with Crippen molar-refractivity contribution in [2.24, 2.45) is 17.3 Å². The molecule has 0 unspecified atom stereocenters. The van der Waals surface area contributed by atoms with Crippen LogP contribution in [-0.2, 0) is 11.2 Å². The van der Waals surface area contributed by atoms with Crippen LogP contribution in [0.3, 0.4) is 0 Å². The van der Waals surface area contributed by atoms with Gasteiger partial charge in [0.05, 0.1) is 12.5 Å². The van der Waals surface area contributed by atoms with Crippen LogP contribution in [0.4, 0.5) is 0 Å². The first-order valence-corrected chi connectivity index (χ1v) is 9.48. The Bertz CT molecular complexity index is 613. The second-order valence-corrected chi connectivity index (χ2v) is 9.05. The molecule has 0 heterocycles. The maximum Gasteiger partial charge on any atom is 0.226 e. The highest BCUT2D eigenvalue weighted by atomic mass is 35.5. The number of carbonyl (C=O) groups excluding carboxylic acids is 1. The summed E-state index contributed by atoms with van der Waals surface area (Å²) in [6, 6.07) is 8.05. The average molecular weight is 348 g/mol. The summed E-state index contributed by atoms with van der Waals surface area (Å²) >= 11 is 6.83. The highest BCUT2D eigenvalue weighted by Crippen LogP contribution is 2.63. The van der Waals surface area contributed by atoms with Gasteiger partial charge in [0.1, 0.15) is 5.75 Å². The van der Waals surface area contributed by atoms with Crippen LogP contribution < -0.4 is 10.1 Å². The summed E-state index contributed by atoms with van der Waals surface area (Å²) in [4.78, 5) is 12.8. The van der Waals surface area contributed by atoms with Gasteiger partial charge >= 0.3 is 0 Å². The van der Waals surface area contributed by atoms with E-state index in [2.05, 4.69) is 17.4 Å². The number of ether oxygens (including phenoxy) is 1. The molecule has 0 radical (unpaired) electrons. The third kappa shape index (κ3) is 2.92. The molecular weight excluding hydrogens is 322 g/mol. The fourth-order valence-electron chi connectivity index (χ4n) is 5.72. The number of carbonyl (C=O) groups is 1. The van der Waals surface area contributed by atoms with Gasteiger partial charge in [0.2, 0.25) is 5.91 Å². The van der Waals surface area contributed by atoms with E-state index in [1.54, 1.807) is 7.11 Å². The SMILES string of the molecule is COc1ccc(CCNC(=O)C23C[C@H]4C[C@@H](CC(Cl)(C4)C2)C3)cc1. The van der Waals surface area contributed by atoms with Crippen molar-refractivity contribution in [1.82, 2.24) is 5.32 Å². The van der Waals surface area contributed by atoms with Crippen molar-refractivity contribution >= 4 is 17.5 Å². The van der Waals surface area contributed by atoms with E-state index in [4.69, 9.17) is 16.3 Å². The Morgan fingerprint density at radius 2 is 1.88 bits per heavy atom. The van der Waals surface area contributed by atoms with Gasteiger partial charge in [-0.2, -0.15) is 0 Å². The molecule has 4 fully saturated rings. The van der Waals surface area contributed by atoms with Crippen molar-refractivity contribution < 1.29 is 9.53 Å². The predicted octanol–water partition coefficient (Wildman–Crippen LogP) is 3.93. The van der Waals surface area contributed by atoms with Crippen LogP contribution in [0.1, 0.15) is 44.1 Å². The third-order valence-electron chi connectivity index (χ3n) is 6.33. The molecule has 4 aliphatic rings. The van der Waals surface area contributed by atoms with Crippen molar-refractivity contribution in [2.75, 3.05) is 13.7 Å². The van der Waals surface area contributed by atoms with E-state index in [-0.39, 0.29) is 16.2 Å². The van der Waals surface area contributed by atoms with Crippen molar-refractivity contribution in [2.45, 2.75) is 49.8 Å². The van der Waals surface area contributed by atoms with Gasteiger partial charge in [-0.3, -0.25) is 4.79 Å². The van der Waals surface area contributed by atoms with Gasteiger partial charge in [0.25, 0.3) is 0 Å². The van der Waals surface area contributed by atoms with Crippen LogP contribution in [0.25, 0.3) is 0 Å². The second-order valence-electron chi connectivity index (χ2n) is 8.25. The maximum atomic E-state index is 12.9. The topological polar surface area (TPSA) is 38.3 Å². The fraction of sp³-hybridized carbons (Fsp3) is 0.650. The van der Waals surface area contributed by atoms with Crippen molar-refractivity contribution in [3.05, 3.63) is 29.8 Å². The largest absolute Gasteiger partial charge is 0.497 e. The van der Waals surface area contributed by atoms with Gasteiger partial charge in [0.15, 0.2) is 0 Å². The Labute approximate surface area is 149 Å². The quantitative estimate of drug-likeness (QED) is 0.819. The van der Waals surface area contributed by atoms with Gasteiger partial charge < -0.3 is 10.1 Å². The highest BCUT2D eigenvalue weighted by molar-refractivity contribution is 6.24. The lowest BCUT2D eigenvalue weighted by molar-refractivity contribution is -0.144. The highest BCUT2D eigenvalue weighted by Gasteiger charge is 2.59. The molecule has 4 heteroatoms. The smallest absolute Gasteiger partial charge is 0.226 e. The van der Waals surface area contributed by atoms with Crippen molar-refractivity contribution in [3.8, 4) is 5.75 Å². The second kappa shape index (κ2) is 5.94. The molecule has 24 heavy (non-hydrogen) atoms. The zero-order chi connectivity index (χ0) is 16.8. The summed E-state index contributed by atoms with van der Waals surface area (Å²) in [6.45, 7) is 0.692. The van der Waals surface area contributed by atoms with E-state index >= 15 is 0 Å². The molecule has 0 saturated heterocycles. The Morgan fingerprint density at radius 3 is 2.46 bits per heavy atom. The van der Waals surface area contributed by atoms with E-state index in [1.165, 1.54) is 12.0 Å². The van der Waals surface area contributed by atoms with E-state index in [1.807, 2.05) is 12.1 Å². The van der Waals surface area contributed by atoms with Crippen LogP contribution in [0.2, 0.25) is 0 Å². The van der Waals surface area contributed by atoms with Gasteiger partial charge in [-0.1, -0.05) is 12.1 Å². The fourth-order valence-corrected chi connectivity index (χ4v) is 6.41. The summed E-state index contributed by atoms with van der Waals surface area (Å²) in [5.74, 6) is 2.44. The molecule has 1 N–H and O–H groups in total. The number of halogens is 1. The lowest BCUT2D eigenvalue weighted by Crippen LogP contribution is -2.58. The Kier molecular flexibility index (Phi) is 4.03. The normalized spacial score (nSPS) is 36.6. The first kappa shape index (κ1) is 16.3. The minimum atomic E-state index is -0.189. The number of rotatable bonds is 5. The lowest BCUT2D eigenvalue weighted by Gasteiger charge is -2.59. The molecule has 0 aliphatic heterocycles. The number of alkyl halides is 1. The molecule has 0 spiro atoms. The molecule has 4 bridgehead atoms. The zero-order valence-corrected chi connectivity index (χ0v) is 15.1. The molecular formula is C20H26ClNO2. The Morgan fingerprint density at radius 1 is 1.21 bits per heavy atom. The summed E-state index contributed by atoms with van der Waals surface area (Å²) in [6.07, 6.45) is 7.35. The standard InChI is InChI=1S/C20H26ClNO2/c1-24-17-4-2-14(3-5-17)6-7-22-18(23)19-9-15-8-16(10-19)12-20(21,11-15)13-19/h2-5,15-16H,6-13H2,1H3,(H,22,23)/t15-,16-,19?,20?/m1/s1. The molecule has 2 atom stereocenters. The number of nitrogens with one attached hydrogen (secondary N) is 1. The number of hydrogen-bond donors (Lipinski definition) is 1. The van der Waals surface area contributed by atoms with Crippen LogP contribution in [0, 0.1) is 17.3 Å². The van der Waals surface area contributed by atoms with E-state index in [0.29, 0.717) is 18.4 Å². The molecule has 3 nitrogen and oxygen atoms in total. The average Bonchev–Trinajstić information content (AvgIpc) is 2.53. The predicted molar refractivity (Wildman–Crippen MR) is 95.4 cm³/mol. The summed E-state index contributed by atoms with van der Waals surface area (Å²) < 4.78 is 5.18. The number of amides is 1. The molecule has 1 aromatic rings. The van der Waals surface area contributed by atoms with Gasteiger partial charge in [-0.15, -0.1) is 11.6 Å². The van der Waals surface area contributed by atoms with Crippen molar-refractivity contribution in [3.63, 3.8) is 0 Å². The Balaban J connectivity index is 1.36. The maximum absolute atomic E-state index is 12.9. The zero-order valence-electron chi connectivity index (χ0n) is 14.3. The minimum absolute atomic E-state index is 0.0998. The number of benzene rings is 1. The molecule has 1 amide bonds. The first-order chi connectivity index (χ1) is 11.5. The Hall–Kier alpha value is -1.22. The van der Waals surface area contributed by atoms with E-state index in [9.17, 15) is 4.79 Å². The van der Waals surface area contributed by atoms with Gasteiger partial charge in [-0.05, 0) is 74.5 Å². The first-order valence-electron chi connectivity index (χ1n) is 9.10. The summed E-state index contributed by atoms with van der Waals surface area (Å²) in [7, 11) is 1.67. The molecule has 0 aromatic heterocycles. The molecule has 4 aliphatic carbocycles. The van der Waals surface area contributed by atoms with Crippen LogP contribution in [0.5, 0.6) is 5.75 Å².